The monoisotopic (exact) mass is 391 g/mol. The zero-order chi connectivity index (χ0) is 18.6. The summed E-state index contributed by atoms with van der Waals surface area (Å²) in [6, 6.07) is 5.16. The zero-order valence-corrected chi connectivity index (χ0v) is 17.4. The minimum Gasteiger partial charge on any atom is -0.378 e. The van der Waals surface area contributed by atoms with Crippen LogP contribution in [0.4, 0.5) is 0 Å². The molecule has 0 unspecified atom stereocenters. The number of ether oxygens (including phenoxy) is 1. The topological polar surface area (TPSA) is 36.0 Å². The minimum absolute atomic E-state index is 0.198. The van der Waals surface area contributed by atoms with Crippen LogP contribution in [0, 0.1) is 12.8 Å². The molecule has 1 atom stereocenters. The molecule has 3 fully saturated rings. The Kier molecular flexibility index (Phi) is 6.48. The lowest BCUT2D eigenvalue weighted by molar-refractivity contribution is -0.142. The molecule has 3 aliphatic rings. The van der Waals surface area contributed by atoms with E-state index in [4.69, 9.17) is 4.74 Å². The van der Waals surface area contributed by atoms with Gasteiger partial charge in [-0.2, -0.15) is 0 Å². The minimum atomic E-state index is 0.198. The fourth-order valence-corrected chi connectivity index (χ4v) is 5.75. The van der Waals surface area contributed by atoms with E-state index in [0.29, 0.717) is 25.2 Å². The molecule has 0 bridgehead atoms. The number of rotatable bonds is 4. The van der Waals surface area contributed by atoms with Crippen molar-refractivity contribution in [3.8, 4) is 0 Å². The number of hydrogen-bond acceptors (Lipinski definition) is 5. The number of amides is 1. The predicted molar refractivity (Wildman–Crippen MR) is 109 cm³/mol. The first kappa shape index (κ1) is 19.4. The third-order valence-electron chi connectivity index (χ3n) is 6.37. The Bertz CT molecular complexity index is 621. The van der Waals surface area contributed by atoms with Crippen LogP contribution in [0.25, 0.3) is 0 Å². The lowest BCUT2D eigenvalue weighted by Gasteiger charge is -2.43. The van der Waals surface area contributed by atoms with Crippen LogP contribution in [0.15, 0.2) is 12.1 Å². The molecule has 0 saturated carbocycles. The summed E-state index contributed by atoms with van der Waals surface area (Å²) in [5.74, 6) is 0.567. The van der Waals surface area contributed by atoms with Gasteiger partial charge in [0, 0.05) is 55.1 Å². The van der Waals surface area contributed by atoms with Crippen molar-refractivity contribution in [3.05, 3.63) is 21.9 Å². The number of thiophene rings is 1. The van der Waals surface area contributed by atoms with Crippen molar-refractivity contribution < 1.29 is 9.53 Å². The standard InChI is InChI=1S/C21H33N3O2S/c1-17-4-5-20(27-17)16-22-9-6-19(7-10-22)24-8-2-3-18(15-24)21(25)23-11-13-26-14-12-23/h4-5,18-19H,2-3,6-16H2,1H3/t18-/m1/s1. The molecule has 1 amide bonds. The Morgan fingerprint density at radius 1 is 1.11 bits per heavy atom. The third kappa shape index (κ3) is 4.91. The Morgan fingerprint density at radius 3 is 2.59 bits per heavy atom. The largest absolute Gasteiger partial charge is 0.378 e. The lowest BCUT2D eigenvalue weighted by atomic mass is 9.92. The zero-order valence-electron chi connectivity index (χ0n) is 16.6. The normalized spacial score (nSPS) is 26.4. The van der Waals surface area contributed by atoms with Gasteiger partial charge in [0.2, 0.25) is 5.91 Å². The number of piperidine rings is 2. The Morgan fingerprint density at radius 2 is 1.89 bits per heavy atom. The summed E-state index contributed by atoms with van der Waals surface area (Å²) in [4.78, 5) is 23.0. The van der Waals surface area contributed by atoms with E-state index >= 15 is 0 Å². The quantitative estimate of drug-likeness (QED) is 0.790. The van der Waals surface area contributed by atoms with Crippen LogP contribution in [-0.2, 0) is 16.1 Å². The number of nitrogens with zero attached hydrogens (tertiary/aromatic N) is 3. The van der Waals surface area contributed by atoms with Gasteiger partial charge in [0.05, 0.1) is 19.1 Å². The van der Waals surface area contributed by atoms with Crippen molar-refractivity contribution in [1.29, 1.82) is 0 Å². The average molecular weight is 392 g/mol. The van der Waals surface area contributed by atoms with Crippen LogP contribution >= 0.6 is 11.3 Å². The van der Waals surface area contributed by atoms with Gasteiger partial charge < -0.3 is 9.64 Å². The SMILES string of the molecule is Cc1ccc(CN2CCC(N3CCC[C@@H](C(=O)N4CCOCC4)C3)CC2)s1. The summed E-state index contributed by atoms with van der Waals surface area (Å²) in [5.41, 5.74) is 0. The maximum atomic E-state index is 12.9. The smallest absolute Gasteiger partial charge is 0.227 e. The van der Waals surface area contributed by atoms with Gasteiger partial charge in [0.25, 0.3) is 0 Å². The molecule has 0 spiro atoms. The fourth-order valence-electron chi connectivity index (χ4n) is 4.81. The molecular formula is C21H33N3O2S. The summed E-state index contributed by atoms with van der Waals surface area (Å²) in [5, 5.41) is 0. The molecule has 1 aromatic rings. The molecule has 0 aromatic carbocycles. The van der Waals surface area contributed by atoms with Crippen LogP contribution in [-0.4, -0.2) is 79.1 Å². The summed E-state index contributed by atoms with van der Waals surface area (Å²) < 4.78 is 5.40. The van der Waals surface area contributed by atoms with Crippen LogP contribution in [0.1, 0.15) is 35.4 Å². The first-order valence-corrected chi connectivity index (χ1v) is 11.4. The Hall–Kier alpha value is -0.950. The van der Waals surface area contributed by atoms with E-state index in [0.717, 1.165) is 39.0 Å². The molecule has 4 rings (SSSR count). The maximum absolute atomic E-state index is 12.9. The molecule has 3 aliphatic heterocycles. The molecule has 0 N–H and O–H groups in total. The highest BCUT2D eigenvalue weighted by molar-refractivity contribution is 7.11. The van der Waals surface area contributed by atoms with Crippen LogP contribution in [0.2, 0.25) is 0 Å². The van der Waals surface area contributed by atoms with E-state index in [1.807, 2.05) is 16.2 Å². The number of morpholine rings is 1. The fraction of sp³-hybridized carbons (Fsp3) is 0.762. The molecule has 4 heterocycles. The summed E-state index contributed by atoms with van der Waals surface area (Å²) in [6.07, 6.45) is 4.70. The molecule has 0 aliphatic carbocycles. The van der Waals surface area contributed by atoms with E-state index in [1.54, 1.807) is 0 Å². The molecule has 5 nitrogen and oxygen atoms in total. The average Bonchev–Trinajstić information content (AvgIpc) is 3.13. The highest BCUT2D eigenvalue weighted by atomic mass is 32.1. The van der Waals surface area contributed by atoms with Crippen molar-refractivity contribution in [2.45, 2.75) is 45.2 Å². The number of likely N-dealkylation sites (tertiary alicyclic amines) is 2. The van der Waals surface area contributed by atoms with E-state index < -0.39 is 0 Å². The molecule has 6 heteroatoms. The second kappa shape index (κ2) is 9.03. The second-order valence-electron chi connectivity index (χ2n) is 8.29. The highest BCUT2D eigenvalue weighted by Gasteiger charge is 2.33. The van der Waals surface area contributed by atoms with Gasteiger partial charge in [-0.25, -0.2) is 0 Å². The van der Waals surface area contributed by atoms with E-state index in [1.165, 1.54) is 42.2 Å². The molecule has 3 saturated heterocycles. The van der Waals surface area contributed by atoms with Crippen molar-refractivity contribution in [2.75, 3.05) is 52.5 Å². The second-order valence-corrected chi connectivity index (χ2v) is 9.66. The number of carbonyl (C=O) groups excluding carboxylic acids is 1. The molecule has 150 valence electrons. The van der Waals surface area contributed by atoms with E-state index in [9.17, 15) is 4.79 Å². The van der Waals surface area contributed by atoms with Gasteiger partial charge in [-0.15, -0.1) is 11.3 Å². The predicted octanol–water partition coefficient (Wildman–Crippen LogP) is 2.59. The van der Waals surface area contributed by atoms with Gasteiger partial charge in [0.15, 0.2) is 0 Å². The van der Waals surface area contributed by atoms with Gasteiger partial charge in [-0.05, 0) is 51.3 Å². The maximum Gasteiger partial charge on any atom is 0.227 e. The number of aryl methyl sites for hydroxylation is 1. The lowest BCUT2D eigenvalue weighted by Crippen LogP contribution is -2.52. The first-order valence-electron chi connectivity index (χ1n) is 10.6. The molecule has 27 heavy (non-hydrogen) atoms. The number of carbonyl (C=O) groups is 1. The highest BCUT2D eigenvalue weighted by Crippen LogP contribution is 2.26. The van der Waals surface area contributed by atoms with Crippen LogP contribution in [0.3, 0.4) is 0 Å². The molecule has 1 aromatic heterocycles. The summed E-state index contributed by atoms with van der Waals surface area (Å²) in [7, 11) is 0. The van der Waals surface area contributed by atoms with Crippen LogP contribution in [0.5, 0.6) is 0 Å². The first-order chi connectivity index (χ1) is 13.2. The Balaban J connectivity index is 1.26. The molecule has 0 radical (unpaired) electrons. The van der Waals surface area contributed by atoms with E-state index in [-0.39, 0.29) is 5.92 Å². The van der Waals surface area contributed by atoms with Crippen molar-refractivity contribution in [3.63, 3.8) is 0 Å². The van der Waals surface area contributed by atoms with Crippen LogP contribution < -0.4 is 0 Å². The van der Waals surface area contributed by atoms with Crippen molar-refractivity contribution in [1.82, 2.24) is 14.7 Å². The van der Waals surface area contributed by atoms with Gasteiger partial charge >= 0.3 is 0 Å². The van der Waals surface area contributed by atoms with Gasteiger partial charge in [-0.1, -0.05) is 0 Å². The summed E-state index contributed by atoms with van der Waals surface area (Å²) in [6.45, 7) is 10.7. The van der Waals surface area contributed by atoms with Gasteiger partial charge in [-0.3, -0.25) is 14.6 Å². The van der Waals surface area contributed by atoms with Crippen molar-refractivity contribution >= 4 is 17.2 Å². The van der Waals surface area contributed by atoms with E-state index in [2.05, 4.69) is 28.9 Å². The number of hydrogen-bond donors (Lipinski definition) is 0. The van der Waals surface area contributed by atoms with Crippen molar-refractivity contribution in [2.24, 2.45) is 5.92 Å². The third-order valence-corrected chi connectivity index (χ3v) is 7.36. The Labute approximate surface area is 167 Å². The molecular weight excluding hydrogens is 358 g/mol. The van der Waals surface area contributed by atoms with Gasteiger partial charge in [0.1, 0.15) is 0 Å². The summed E-state index contributed by atoms with van der Waals surface area (Å²) >= 11 is 1.92.